The number of carbonyl (C=O) groups excluding carboxylic acids is 1. The molecule has 0 aliphatic carbocycles. The maximum Gasteiger partial charge on any atom is 0.232 e. The van der Waals surface area contributed by atoms with Crippen molar-refractivity contribution in [1.29, 1.82) is 0 Å². The Kier molecular flexibility index (Phi) is 4.43. The zero-order valence-electron chi connectivity index (χ0n) is 13.8. The standard InChI is InChI=1S/C18H28N2O/c1-5-14-6-8-15(9-7-14)17(2,3)16(21)20-11-10-18(4,12-19)13-20/h6-9H,5,10-13,19H2,1-4H3. The van der Waals surface area contributed by atoms with Crippen molar-refractivity contribution in [3.8, 4) is 0 Å². The summed E-state index contributed by atoms with van der Waals surface area (Å²) in [4.78, 5) is 14.9. The summed E-state index contributed by atoms with van der Waals surface area (Å²) in [7, 11) is 0. The highest BCUT2D eigenvalue weighted by molar-refractivity contribution is 5.87. The Balaban J connectivity index is 2.16. The predicted octanol–water partition coefficient (Wildman–Crippen LogP) is 2.72. The van der Waals surface area contributed by atoms with Crippen molar-refractivity contribution in [2.75, 3.05) is 19.6 Å². The van der Waals surface area contributed by atoms with E-state index in [1.165, 1.54) is 5.56 Å². The lowest BCUT2D eigenvalue weighted by Crippen LogP contribution is -2.43. The summed E-state index contributed by atoms with van der Waals surface area (Å²) in [5.74, 6) is 0.212. The Labute approximate surface area is 128 Å². The van der Waals surface area contributed by atoms with Gasteiger partial charge in [-0.15, -0.1) is 0 Å². The number of carbonyl (C=O) groups is 1. The molecule has 0 saturated carbocycles. The van der Waals surface area contributed by atoms with Crippen LogP contribution in [0, 0.1) is 5.41 Å². The smallest absolute Gasteiger partial charge is 0.232 e. The number of hydrogen-bond acceptors (Lipinski definition) is 2. The van der Waals surface area contributed by atoms with Gasteiger partial charge >= 0.3 is 0 Å². The summed E-state index contributed by atoms with van der Waals surface area (Å²) in [6.07, 6.45) is 2.02. The molecule has 1 saturated heterocycles. The molecule has 2 N–H and O–H groups in total. The highest BCUT2D eigenvalue weighted by atomic mass is 16.2. The fourth-order valence-corrected chi connectivity index (χ4v) is 3.04. The summed E-state index contributed by atoms with van der Waals surface area (Å²) in [5, 5.41) is 0. The van der Waals surface area contributed by atoms with Crippen molar-refractivity contribution >= 4 is 5.91 Å². The van der Waals surface area contributed by atoms with Crippen molar-refractivity contribution in [3.63, 3.8) is 0 Å². The first-order chi connectivity index (χ1) is 9.82. The van der Waals surface area contributed by atoms with Gasteiger partial charge in [-0.05, 0) is 49.8 Å². The Bertz CT molecular complexity index is 506. The molecule has 3 heteroatoms. The number of amides is 1. The van der Waals surface area contributed by atoms with Crippen LogP contribution >= 0.6 is 0 Å². The van der Waals surface area contributed by atoms with E-state index in [1.807, 2.05) is 18.7 Å². The quantitative estimate of drug-likeness (QED) is 0.926. The third kappa shape index (κ3) is 3.13. The van der Waals surface area contributed by atoms with Gasteiger partial charge < -0.3 is 10.6 Å². The van der Waals surface area contributed by atoms with Gasteiger partial charge in [-0.2, -0.15) is 0 Å². The van der Waals surface area contributed by atoms with E-state index >= 15 is 0 Å². The molecule has 1 heterocycles. The van der Waals surface area contributed by atoms with Crippen molar-refractivity contribution in [2.45, 2.75) is 46.0 Å². The summed E-state index contributed by atoms with van der Waals surface area (Å²) in [5.41, 5.74) is 7.84. The molecule has 1 aromatic rings. The minimum Gasteiger partial charge on any atom is -0.341 e. The molecule has 0 bridgehead atoms. The van der Waals surface area contributed by atoms with Gasteiger partial charge in [0.2, 0.25) is 5.91 Å². The highest BCUT2D eigenvalue weighted by Crippen LogP contribution is 2.33. The van der Waals surface area contributed by atoms with Crippen LogP contribution in [0.3, 0.4) is 0 Å². The first kappa shape index (κ1) is 16.0. The van der Waals surface area contributed by atoms with E-state index in [-0.39, 0.29) is 11.3 Å². The molecule has 1 aliphatic rings. The maximum atomic E-state index is 12.9. The highest BCUT2D eigenvalue weighted by Gasteiger charge is 2.40. The topological polar surface area (TPSA) is 46.3 Å². The molecular weight excluding hydrogens is 260 g/mol. The van der Waals surface area contributed by atoms with Crippen LogP contribution in [0.25, 0.3) is 0 Å². The summed E-state index contributed by atoms with van der Waals surface area (Å²) >= 11 is 0. The second kappa shape index (κ2) is 5.80. The second-order valence-corrected chi connectivity index (χ2v) is 7.17. The zero-order valence-corrected chi connectivity index (χ0v) is 13.8. The fourth-order valence-electron chi connectivity index (χ4n) is 3.04. The monoisotopic (exact) mass is 288 g/mol. The normalized spacial score (nSPS) is 22.6. The molecular formula is C18H28N2O. The van der Waals surface area contributed by atoms with Gasteiger partial charge in [0, 0.05) is 13.1 Å². The van der Waals surface area contributed by atoms with Gasteiger partial charge in [0.15, 0.2) is 0 Å². The van der Waals surface area contributed by atoms with Crippen LogP contribution in [0.4, 0.5) is 0 Å². The number of benzene rings is 1. The number of hydrogen-bond donors (Lipinski definition) is 1. The Morgan fingerprint density at radius 2 is 1.95 bits per heavy atom. The van der Waals surface area contributed by atoms with Crippen LogP contribution in [0.5, 0.6) is 0 Å². The van der Waals surface area contributed by atoms with E-state index in [4.69, 9.17) is 5.73 Å². The molecule has 1 amide bonds. The SMILES string of the molecule is CCc1ccc(C(C)(C)C(=O)N2CCC(C)(CN)C2)cc1. The molecule has 2 rings (SSSR count). The first-order valence-electron chi connectivity index (χ1n) is 7.91. The minimum absolute atomic E-state index is 0.0812. The molecule has 1 atom stereocenters. The number of nitrogens with two attached hydrogens (primary N) is 1. The molecule has 1 aliphatic heterocycles. The van der Waals surface area contributed by atoms with Crippen molar-refractivity contribution in [1.82, 2.24) is 4.90 Å². The molecule has 3 nitrogen and oxygen atoms in total. The number of likely N-dealkylation sites (tertiary alicyclic amines) is 1. The molecule has 1 fully saturated rings. The van der Waals surface area contributed by atoms with Crippen LogP contribution < -0.4 is 5.73 Å². The van der Waals surface area contributed by atoms with Crippen LogP contribution in [0.1, 0.15) is 45.2 Å². The van der Waals surface area contributed by atoms with E-state index in [1.54, 1.807) is 0 Å². The third-order valence-electron chi connectivity index (χ3n) is 4.96. The minimum atomic E-state index is -0.480. The van der Waals surface area contributed by atoms with Gasteiger partial charge in [-0.25, -0.2) is 0 Å². The molecule has 0 aromatic heterocycles. The first-order valence-corrected chi connectivity index (χ1v) is 7.91. The summed E-state index contributed by atoms with van der Waals surface area (Å²) < 4.78 is 0. The van der Waals surface area contributed by atoms with Gasteiger partial charge in [-0.3, -0.25) is 4.79 Å². The Morgan fingerprint density at radius 3 is 2.43 bits per heavy atom. The lowest BCUT2D eigenvalue weighted by Gasteiger charge is -2.31. The van der Waals surface area contributed by atoms with Crippen LogP contribution in [0.2, 0.25) is 0 Å². The molecule has 0 radical (unpaired) electrons. The van der Waals surface area contributed by atoms with E-state index in [2.05, 4.69) is 38.1 Å². The van der Waals surface area contributed by atoms with E-state index in [0.29, 0.717) is 6.54 Å². The van der Waals surface area contributed by atoms with Crippen molar-refractivity contribution in [3.05, 3.63) is 35.4 Å². The van der Waals surface area contributed by atoms with Crippen molar-refractivity contribution < 1.29 is 4.79 Å². The molecule has 116 valence electrons. The molecule has 0 spiro atoms. The molecule has 1 aromatic carbocycles. The van der Waals surface area contributed by atoms with E-state index < -0.39 is 5.41 Å². The largest absolute Gasteiger partial charge is 0.341 e. The van der Waals surface area contributed by atoms with E-state index in [9.17, 15) is 4.79 Å². The van der Waals surface area contributed by atoms with Gasteiger partial charge in [0.1, 0.15) is 0 Å². The number of aryl methyl sites for hydroxylation is 1. The van der Waals surface area contributed by atoms with Gasteiger partial charge in [0.25, 0.3) is 0 Å². The lowest BCUT2D eigenvalue weighted by molar-refractivity contribution is -0.135. The van der Waals surface area contributed by atoms with Crippen LogP contribution in [-0.2, 0) is 16.6 Å². The third-order valence-corrected chi connectivity index (χ3v) is 4.96. The average Bonchev–Trinajstić information content (AvgIpc) is 2.89. The van der Waals surface area contributed by atoms with E-state index in [0.717, 1.165) is 31.5 Å². The molecule has 21 heavy (non-hydrogen) atoms. The Morgan fingerprint density at radius 1 is 1.33 bits per heavy atom. The Hall–Kier alpha value is -1.35. The molecule has 1 unspecified atom stereocenters. The van der Waals surface area contributed by atoms with Crippen LogP contribution in [0.15, 0.2) is 24.3 Å². The van der Waals surface area contributed by atoms with Gasteiger partial charge in [-0.1, -0.05) is 38.1 Å². The average molecular weight is 288 g/mol. The fraction of sp³-hybridized carbons (Fsp3) is 0.611. The summed E-state index contributed by atoms with van der Waals surface area (Å²) in [6.45, 7) is 10.6. The van der Waals surface area contributed by atoms with Crippen LogP contribution in [-0.4, -0.2) is 30.4 Å². The second-order valence-electron chi connectivity index (χ2n) is 7.17. The number of nitrogens with zero attached hydrogens (tertiary/aromatic N) is 1. The maximum absolute atomic E-state index is 12.9. The van der Waals surface area contributed by atoms with Crippen molar-refractivity contribution in [2.24, 2.45) is 11.1 Å². The zero-order chi connectivity index (χ0) is 15.7. The lowest BCUT2D eigenvalue weighted by atomic mass is 9.82. The van der Waals surface area contributed by atoms with Gasteiger partial charge in [0.05, 0.1) is 5.41 Å². The summed E-state index contributed by atoms with van der Waals surface area (Å²) in [6, 6.07) is 8.43. The predicted molar refractivity (Wildman–Crippen MR) is 87.2 cm³/mol. The number of rotatable bonds is 4.